The average molecular weight is 487 g/mol. The maximum atomic E-state index is 6.66. The first-order valence-corrected chi connectivity index (χ1v) is 12.8. The Morgan fingerprint density at radius 3 is 1.08 bits per heavy atom. The van der Waals surface area contributed by atoms with E-state index in [4.69, 9.17) is 19.5 Å². The van der Waals surface area contributed by atoms with Crippen LogP contribution in [-0.4, -0.2) is 11.8 Å². The number of aliphatic imine (C=N–C) groups is 2. The first kappa shape index (κ1) is 23.2. The molecule has 2 unspecified atom stereocenters. The van der Waals surface area contributed by atoms with E-state index in [9.17, 15) is 0 Å². The first-order chi connectivity index (χ1) is 18.1. The van der Waals surface area contributed by atoms with E-state index in [1.54, 1.807) is 0 Å². The minimum atomic E-state index is -0.646. The van der Waals surface area contributed by atoms with Crippen LogP contribution in [0.25, 0.3) is 0 Å². The van der Waals surface area contributed by atoms with Crippen molar-refractivity contribution in [2.45, 2.75) is 38.1 Å². The third-order valence-electron chi connectivity index (χ3n) is 7.17. The van der Waals surface area contributed by atoms with Gasteiger partial charge in [-0.3, -0.25) is 0 Å². The fourth-order valence-corrected chi connectivity index (χ4v) is 5.11. The van der Waals surface area contributed by atoms with Gasteiger partial charge in [-0.2, -0.15) is 0 Å². The molecule has 0 amide bonds. The summed E-state index contributed by atoms with van der Waals surface area (Å²) in [7, 11) is 0. The van der Waals surface area contributed by atoms with Crippen molar-refractivity contribution in [2.24, 2.45) is 15.4 Å². The van der Waals surface area contributed by atoms with Crippen molar-refractivity contribution in [3.8, 4) is 0 Å². The van der Waals surface area contributed by atoms with Gasteiger partial charge in [0.1, 0.15) is 17.5 Å². The van der Waals surface area contributed by atoms with E-state index in [1.807, 2.05) is 48.5 Å². The van der Waals surface area contributed by atoms with Gasteiger partial charge in [0.05, 0.1) is 0 Å². The van der Waals surface area contributed by atoms with E-state index >= 15 is 0 Å². The molecule has 0 aromatic heterocycles. The lowest BCUT2D eigenvalue weighted by atomic mass is 9.93. The molecule has 6 rings (SSSR count). The number of ether oxygens (including phenoxy) is 2. The van der Waals surface area contributed by atoms with Gasteiger partial charge in [-0.1, -0.05) is 121 Å². The van der Waals surface area contributed by atoms with Crippen LogP contribution in [0.15, 0.2) is 131 Å². The Morgan fingerprint density at radius 2 is 0.757 bits per heavy atom. The molecule has 0 saturated heterocycles. The Balaban J connectivity index is 1.37. The van der Waals surface area contributed by atoms with Gasteiger partial charge in [-0.25, -0.2) is 9.98 Å². The highest BCUT2D eigenvalue weighted by atomic mass is 16.5. The third kappa shape index (κ3) is 4.44. The average Bonchev–Trinajstić information content (AvgIpc) is 3.62. The lowest BCUT2D eigenvalue weighted by molar-refractivity contribution is 0.162. The second-order valence-electron chi connectivity index (χ2n) is 10.1. The summed E-state index contributed by atoms with van der Waals surface area (Å²) >= 11 is 0. The van der Waals surface area contributed by atoms with Crippen LogP contribution in [0.2, 0.25) is 0 Å². The molecular weight excluding hydrogens is 456 g/mol. The molecule has 4 aromatic carbocycles. The van der Waals surface area contributed by atoms with Gasteiger partial charge >= 0.3 is 0 Å². The molecule has 0 bridgehead atoms. The van der Waals surface area contributed by atoms with Gasteiger partial charge in [0.15, 0.2) is 24.0 Å². The third-order valence-corrected chi connectivity index (χ3v) is 7.17. The Bertz CT molecular complexity index is 1290. The summed E-state index contributed by atoms with van der Waals surface area (Å²) in [6.07, 6.45) is -0.426. The van der Waals surface area contributed by atoms with E-state index in [0.717, 1.165) is 22.3 Å². The van der Waals surface area contributed by atoms with Crippen molar-refractivity contribution in [3.63, 3.8) is 0 Å². The lowest BCUT2D eigenvalue weighted by Crippen LogP contribution is -2.34. The summed E-state index contributed by atoms with van der Waals surface area (Å²) in [5.41, 5.74) is 3.81. The number of benzene rings is 4. The van der Waals surface area contributed by atoms with Gasteiger partial charge in [0.2, 0.25) is 0 Å². The van der Waals surface area contributed by atoms with E-state index in [0.29, 0.717) is 11.8 Å². The molecule has 184 valence electrons. The summed E-state index contributed by atoms with van der Waals surface area (Å²) < 4.78 is 13.3. The van der Waals surface area contributed by atoms with Crippen molar-refractivity contribution in [3.05, 3.63) is 144 Å². The fourth-order valence-electron chi connectivity index (χ4n) is 5.11. The van der Waals surface area contributed by atoms with Crippen LogP contribution in [0.1, 0.15) is 60.4 Å². The molecule has 0 saturated carbocycles. The Kier molecular flexibility index (Phi) is 6.09. The Morgan fingerprint density at radius 1 is 0.459 bits per heavy atom. The van der Waals surface area contributed by atoms with Gasteiger partial charge < -0.3 is 9.47 Å². The standard InChI is InChI=1S/C33H30N2O2/c1-33(2,31-34-27(23-15-7-3-8-16-23)29(36-31)25-19-11-5-12-20-25)32-35-28(24-17-9-4-10-18-24)30(37-32)26-21-13-6-14-22-26/h3-22,27-30H,1-2H3/t27-,28?,29+,30?/m0/s1. The molecule has 2 aliphatic heterocycles. The highest BCUT2D eigenvalue weighted by Crippen LogP contribution is 2.47. The molecule has 4 nitrogen and oxygen atoms in total. The van der Waals surface area contributed by atoms with Crippen LogP contribution in [-0.2, 0) is 9.47 Å². The molecule has 0 aliphatic carbocycles. The lowest BCUT2D eigenvalue weighted by Gasteiger charge is -2.26. The molecule has 0 N–H and O–H groups in total. The highest BCUT2D eigenvalue weighted by molar-refractivity contribution is 6.05. The van der Waals surface area contributed by atoms with Crippen LogP contribution < -0.4 is 0 Å². The minimum Gasteiger partial charge on any atom is -0.469 e. The quantitative estimate of drug-likeness (QED) is 0.279. The molecule has 2 aliphatic rings. The fraction of sp³-hybridized carbons (Fsp3) is 0.212. The van der Waals surface area contributed by atoms with Gasteiger partial charge in [-0.05, 0) is 36.1 Å². The monoisotopic (exact) mass is 486 g/mol. The SMILES string of the molecule is CC(C)(C1=NC(c2ccccc2)C(c2ccccc2)O1)C1=N[C@@H](c2ccccc2)[C@@H](c2ccccc2)O1. The smallest absolute Gasteiger partial charge is 0.200 e. The number of nitrogens with zero attached hydrogens (tertiary/aromatic N) is 2. The van der Waals surface area contributed by atoms with Crippen molar-refractivity contribution < 1.29 is 9.47 Å². The number of hydrogen-bond acceptors (Lipinski definition) is 4. The second kappa shape index (κ2) is 9.70. The summed E-state index contributed by atoms with van der Waals surface area (Å²) in [4.78, 5) is 10.3. The Labute approximate surface area is 218 Å². The normalized spacial score (nSPS) is 23.1. The zero-order valence-electron chi connectivity index (χ0n) is 21.1. The number of hydrogen-bond donors (Lipinski definition) is 0. The number of rotatable bonds is 6. The summed E-state index contributed by atoms with van der Waals surface area (Å²) in [5, 5.41) is 0. The molecular formula is C33H30N2O2. The maximum absolute atomic E-state index is 6.66. The zero-order chi connectivity index (χ0) is 25.2. The van der Waals surface area contributed by atoms with E-state index in [1.165, 1.54) is 0 Å². The molecule has 4 aromatic rings. The molecule has 4 atom stereocenters. The summed E-state index contributed by atoms with van der Waals surface area (Å²) in [6, 6.07) is 41.1. The van der Waals surface area contributed by atoms with Crippen molar-refractivity contribution >= 4 is 11.8 Å². The molecule has 0 fully saturated rings. The van der Waals surface area contributed by atoms with E-state index in [2.05, 4.69) is 86.6 Å². The minimum absolute atomic E-state index is 0.144. The topological polar surface area (TPSA) is 43.2 Å². The predicted molar refractivity (Wildman–Crippen MR) is 148 cm³/mol. The second-order valence-corrected chi connectivity index (χ2v) is 10.1. The maximum Gasteiger partial charge on any atom is 0.200 e. The van der Waals surface area contributed by atoms with Gasteiger partial charge in [0, 0.05) is 0 Å². The van der Waals surface area contributed by atoms with Crippen LogP contribution in [0.5, 0.6) is 0 Å². The molecule has 4 heteroatoms. The van der Waals surface area contributed by atoms with Crippen molar-refractivity contribution in [1.29, 1.82) is 0 Å². The first-order valence-electron chi connectivity index (χ1n) is 12.8. The van der Waals surface area contributed by atoms with E-state index < -0.39 is 5.41 Å². The van der Waals surface area contributed by atoms with Gasteiger partial charge in [-0.15, -0.1) is 0 Å². The Hall–Kier alpha value is -4.18. The van der Waals surface area contributed by atoms with Crippen LogP contribution in [0.4, 0.5) is 0 Å². The highest BCUT2D eigenvalue weighted by Gasteiger charge is 2.47. The largest absolute Gasteiger partial charge is 0.469 e. The zero-order valence-corrected chi connectivity index (χ0v) is 21.1. The summed E-state index contributed by atoms with van der Waals surface area (Å²) in [5.74, 6) is 1.30. The van der Waals surface area contributed by atoms with Crippen LogP contribution in [0, 0.1) is 5.41 Å². The van der Waals surface area contributed by atoms with Crippen molar-refractivity contribution in [2.75, 3.05) is 0 Å². The molecule has 2 heterocycles. The van der Waals surface area contributed by atoms with Crippen LogP contribution >= 0.6 is 0 Å². The van der Waals surface area contributed by atoms with Crippen molar-refractivity contribution in [1.82, 2.24) is 0 Å². The summed E-state index contributed by atoms with van der Waals surface area (Å²) in [6.45, 7) is 4.19. The predicted octanol–water partition coefficient (Wildman–Crippen LogP) is 7.84. The van der Waals surface area contributed by atoms with Gasteiger partial charge in [0.25, 0.3) is 0 Å². The molecule has 0 radical (unpaired) electrons. The molecule has 37 heavy (non-hydrogen) atoms. The van der Waals surface area contributed by atoms with E-state index in [-0.39, 0.29) is 24.3 Å². The molecule has 0 spiro atoms. The van der Waals surface area contributed by atoms with Crippen LogP contribution in [0.3, 0.4) is 0 Å².